The van der Waals surface area contributed by atoms with Gasteiger partial charge in [0.1, 0.15) is 5.75 Å². The molecule has 0 atom stereocenters. The smallest absolute Gasteiger partial charge is 0.253 e. The number of rotatable bonds is 7. The molecule has 1 fully saturated rings. The molecule has 0 unspecified atom stereocenters. The van der Waals surface area contributed by atoms with Crippen LogP contribution >= 0.6 is 0 Å². The number of carbonyl (C=O) groups excluding carboxylic acids is 2. The molecule has 0 spiro atoms. The van der Waals surface area contributed by atoms with E-state index in [1.807, 2.05) is 53.4 Å². The summed E-state index contributed by atoms with van der Waals surface area (Å²) in [4.78, 5) is 28.9. The van der Waals surface area contributed by atoms with E-state index in [1.54, 1.807) is 7.11 Å². The van der Waals surface area contributed by atoms with Gasteiger partial charge in [0.2, 0.25) is 5.91 Å². The summed E-state index contributed by atoms with van der Waals surface area (Å²) in [6.07, 6.45) is 0.965. The molecule has 1 aliphatic rings. The topological polar surface area (TPSA) is 61.9 Å². The van der Waals surface area contributed by atoms with Crippen molar-refractivity contribution in [2.75, 3.05) is 39.8 Å². The molecule has 1 N–H and O–H groups in total. The predicted molar refractivity (Wildman–Crippen MR) is 113 cm³/mol. The maximum absolute atomic E-state index is 12.7. The van der Waals surface area contributed by atoms with Crippen LogP contribution in [-0.4, -0.2) is 61.4 Å². The Labute approximate surface area is 172 Å². The fourth-order valence-electron chi connectivity index (χ4n) is 3.48. The third-order valence-corrected chi connectivity index (χ3v) is 5.30. The normalized spacial score (nSPS) is 14.5. The van der Waals surface area contributed by atoms with Gasteiger partial charge in [-0.25, -0.2) is 0 Å². The second-order valence-electron chi connectivity index (χ2n) is 7.21. The molecule has 0 aromatic heterocycles. The van der Waals surface area contributed by atoms with E-state index in [0.717, 1.165) is 23.3 Å². The highest BCUT2D eigenvalue weighted by atomic mass is 16.5. The molecule has 1 aliphatic heterocycles. The van der Waals surface area contributed by atoms with Crippen LogP contribution in [0.5, 0.6) is 5.75 Å². The van der Waals surface area contributed by atoms with Gasteiger partial charge in [-0.05, 0) is 30.2 Å². The lowest BCUT2D eigenvalue weighted by Gasteiger charge is -2.34. The third-order valence-electron chi connectivity index (χ3n) is 5.30. The molecule has 0 bridgehead atoms. The quantitative estimate of drug-likeness (QED) is 0.782. The zero-order valence-electron chi connectivity index (χ0n) is 17.2. The number of hydrogen-bond acceptors (Lipinski definition) is 4. The summed E-state index contributed by atoms with van der Waals surface area (Å²) in [6.45, 7) is 5.53. The fourth-order valence-corrected chi connectivity index (χ4v) is 3.48. The van der Waals surface area contributed by atoms with Crippen LogP contribution in [0.1, 0.15) is 28.4 Å². The number of ether oxygens (including phenoxy) is 1. The average molecular weight is 396 g/mol. The largest absolute Gasteiger partial charge is 0.496 e. The van der Waals surface area contributed by atoms with Crippen LogP contribution in [0.3, 0.4) is 0 Å². The van der Waals surface area contributed by atoms with Gasteiger partial charge in [-0.2, -0.15) is 0 Å². The number of hydrogen-bond donors (Lipinski definition) is 1. The average Bonchev–Trinajstić information content (AvgIpc) is 2.78. The highest BCUT2D eigenvalue weighted by Gasteiger charge is 2.23. The fraction of sp³-hybridized carbons (Fsp3) is 0.391. The first-order valence-electron chi connectivity index (χ1n) is 10.1. The minimum atomic E-state index is -0.0224. The van der Waals surface area contributed by atoms with Gasteiger partial charge in [-0.15, -0.1) is 0 Å². The van der Waals surface area contributed by atoms with E-state index in [0.29, 0.717) is 39.3 Å². The van der Waals surface area contributed by atoms with Crippen LogP contribution in [0.4, 0.5) is 0 Å². The Morgan fingerprint density at radius 3 is 2.34 bits per heavy atom. The number of aryl methyl sites for hydroxylation is 1. The van der Waals surface area contributed by atoms with Crippen molar-refractivity contribution in [3.63, 3.8) is 0 Å². The molecule has 29 heavy (non-hydrogen) atoms. The second kappa shape index (κ2) is 10.1. The molecule has 2 aromatic rings. The Kier molecular flexibility index (Phi) is 7.25. The number of nitrogens with one attached hydrogen (secondary N) is 1. The summed E-state index contributed by atoms with van der Waals surface area (Å²) in [5, 5.41) is 2.95. The number of amides is 2. The number of piperazine rings is 1. The van der Waals surface area contributed by atoms with E-state index in [1.165, 1.54) is 5.56 Å². The van der Waals surface area contributed by atoms with E-state index < -0.39 is 0 Å². The maximum Gasteiger partial charge on any atom is 0.253 e. The molecular formula is C23H29N3O3. The van der Waals surface area contributed by atoms with Crippen molar-refractivity contribution in [2.45, 2.75) is 19.9 Å². The molecule has 6 heteroatoms. The molecule has 1 saturated heterocycles. The van der Waals surface area contributed by atoms with Gasteiger partial charge >= 0.3 is 0 Å². The Hall–Kier alpha value is -2.86. The first-order valence-corrected chi connectivity index (χ1v) is 10.1. The molecule has 2 aromatic carbocycles. The van der Waals surface area contributed by atoms with Gasteiger partial charge in [0.05, 0.1) is 13.7 Å². The van der Waals surface area contributed by atoms with Crippen LogP contribution < -0.4 is 10.1 Å². The van der Waals surface area contributed by atoms with E-state index in [2.05, 4.69) is 17.1 Å². The predicted octanol–water partition coefficient (Wildman–Crippen LogP) is 2.33. The molecule has 0 aliphatic carbocycles. The summed E-state index contributed by atoms with van der Waals surface area (Å²) in [7, 11) is 1.62. The zero-order chi connectivity index (χ0) is 20.6. The van der Waals surface area contributed by atoms with Gasteiger partial charge in [-0.1, -0.05) is 37.3 Å². The van der Waals surface area contributed by atoms with Gasteiger partial charge < -0.3 is 15.0 Å². The summed E-state index contributed by atoms with van der Waals surface area (Å²) in [5.41, 5.74) is 2.91. The van der Waals surface area contributed by atoms with Crippen LogP contribution in [0.15, 0.2) is 48.5 Å². The number of nitrogens with zero attached hydrogens (tertiary/aromatic N) is 2. The highest BCUT2D eigenvalue weighted by molar-refractivity contribution is 5.94. The lowest BCUT2D eigenvalue weighted by molar-refractivity contribution is -0.122. The second-order valence-corrected chi connectivity index (χ2v) is 7.21. The SMILES string of the molecule is CCc1ccc(C(=O)N2CCN(CC(=O)NCc3ccccc3OC)CC2)cc1. The Morgan fingerprint density at radius 1 is 1.00 bits per heavy atom. The summed E-state index contributed by atoms with van der Waals surface area (Å²) in [5.74, 6) is 0.811. The maximum atomic E-state index is 12.7. The Balaban J connectivity index is 1.44. The van der Waals surface area contributed by atoms with Crippen molar-refractivity contribution in [3.8, 4) is 5.75 Å². The van der Waals surface area contributed by atoms with Gasteiger partial charge in [-0.3, -0.25) is 14.5 Å². The minimum Gasteiger partial charge on any atom is -0.496 e. The van der Waals surface area contributed by atoms with E-state index in [-0.39, 0.29) is 11.8 Å². The third kappa shape index (κ3) is 5.57. The van der Waals surface area contributed by atoms with Crippen molar-refractivity contribution < 1.29 is 14.3 Å². The number of benzene rings is 2. The minimum absolute atomic E-state index is 0.0224. The summed E-state index contributed by atoms with van der Waals surface area (Å²) >= 11 is 0. The summed E-state index contributed by atoms with van der Waals surface area (Å²) in [6, 6.07) is 15.5. The van der Waals surface area contributed by atoms with Gasteiger partial charge in [0.25, 0.3) is 5.91 Å². The van der Waals surface area contributed by atoms with Crippen LogP contribution in [0.25, 0.3) is 0 Å². The van der Waals surface area contributed by atoms with Crippen molar-refractivity contribution in [2.24, 2.45) is 0 Å². The van der Waals surface area contributed by atoms with E-state index >= 15 is 0 Å². The van der Waals surface area contributed by atoms with E-state index in [4.69, 9.17) is 4.74 Å². The molecule has 0 radical (unpaired) electrons. The lowest BCUT2D eigenvalue weighted by atomic mass is 10.1. The molecule has 154 valence electrons. The van der Waals surface area contributed by atoms with Crippen LogP contribution in [-0.2, 0) is 17.8 Å². The lowest BCUT2D eigenvalue weighted by Crippen LogP contribution is -2.51. The molecule has 6 nitrogen and oxygen atoms in total. The monoisotopic (exact) mass is 395 g/mol. The molecule has 2 amide bonds. The molecule has 3 rings (SSSR count). The molecule has 1 heterocycles. The van der Waals surface area contributed by atoms with Gasteiger partial charge in [0, 0.05) is 43.9 Å². The van der Waals surface area contributed by atoms with Gasteiger partial charge in [0.15, 0.2) is 0 Å². The van der Waals surface area contributed by atoms with Crippen molar-refractivity contribution >= 4 is 11.8 Å². The Bertz CT molecular complexity index is 828. The number of para-hydroxylation sites is 1. The molecule has 0 saturated carbocycles. The first kappa shape index (κ1) is 20.9. The Morgan fingerprint density at radius 2 is 1.69 bits per heavy atom. The van der Waals surface area contributed by atoms with Crippen LogP contribution in [0, 0.1) is 0 Å². The first-order chi connectivity index (χ1) is 14.1. The van der Waals surface area contributed by atoms with Crippen molar-refractivity contribution in [1.82, 2.24) is 15.1 Å². The standard InChI is InChI=1S/C23H29N3O3/c1-3-18-8-10-19(11-9-18)23(28)26-14-12-25(13-15-26)17-22(27)24-16-20-6-4-5-7-21(20)29-2/h4-11H,3,12-17H2,1-2H3,(H,24,27). The molecular weight excluding hydrogens is 366 g/mol. The van der Waals surface area contributed by atoms with Crippen LogP contribution in [0.2, 0.25) is 0 Å². The van der Waals surface area contributed by atoms with Crippen molar-refractivity contribution in [3.05, 3.63) is 65.2 Å². The number of methoxy groups -OCH3 is 1. The zero-order valence-corrected chi connectivity index (χ0v) is 17.2. The highest BCUT2D eigenvalue weighted by Crippen LogP contribution is 2.16. The van der Waals surface area contributed by atoms with E-state index in [9.17, 15) is 9.59 Å². The van der Waals surface area contributed by atoms with Crippen molar-refractivity contribution in [1.29, 1.82) is 0 Å². The number of carbonyl (C=O) groups is 2. The summed E-state index contributed by atoms with van der Waals surface area (Å²) < 4.78 is 5.31.